The first-order valence-corrected chi connectivity index (χ1v) is 6.45. The first-order valence-electron chi connectivity index (χ1n) is 6.45. The second-order valence-electron chi connectivity index (χ2n) is 5.56. The van der Waals surface area contributed by atoms with Gasteiger partial charge in [0.2, 0.25) is 0 Å². The molecule has 2 heteroatoms. The average Bonchev–Trinajstić information content (AvgIpc) is 2.85. The minimum absolute atomic E-state index is 0.132. The fourth-order valence-corrected chi connectivity index (χ4v) is 2.59. The molecule has 1 aliphatic heterocycles. The molecule has 0 aromatic carbocycles. The molecule has 0 amide bonds. The van der Waals surface area contributed by atoms with Crippen LogP contribution in [0, 0.1) is 5.92 Å². The van der Waals surface area contributed by atoms with Crippen molar-refractivity contribution in [2.45, 2.75) is 64.1 Å². The molecule has 1 aliphatic carbocycles. The number of hydrogen-bond donors (Lipinski definition) is 0. The summed E-state index contributed by atoms with van der Waals surface area (Å²) in [5, 5.41) is 0. The third kappa shape index (κ3) is 2.94. The van der Waals surface area contributed by atoms with Crippen molar-refractivity contribution >= 4 is 5.78 Å². The van der Waals surface area contributed by atoms with Crippen LogP contribution < -0.4 is 0 Å². The number of hydrogen-bond acceptors (Lipinski definition) is 2. The molecular weight excluding hydrogens is 200 g/mol. The van der Waals surface area contributed by atoms with Gasteiger partial charge in [0.05, 0.1) is 11.7 Å². The second-order valence-corrected chi connectivity index (χ2v) is 5.56. The number of ketones is 1. The Morgan fingerprint density at radius 1 is 1.38 bits per heavy atom. The van der Waals surface area contributed by atoms with Crippen molar-refractivity contribution in [3.05, 3.63) is 12.2 Å². The molecule has 0 bridgehead atoms. The smallest absolute Gasteiger partial charge is 0.136 e. The van der Waals surface area contributed by atoms with Crippen molar-refractivity contribution in [2.24, 2.45) is 5.92 Å². The maximum atomic E-state index is 11.6. The molecule has 0 saturated carbocycles. The average molecular weight is 222 g/mol. The summed E-state index contributed by atoms with van der Waals surface area (Å²) in [5.74, 6) is 0.887. The molecule has 0 spiro atoms. The molecule has 16 heavy (non-hydrogen) atoms. The van der Waals surface area contributed by atoms with E-state index >= 15 is 0 Å². The van der Waals surface area contributed by atoms with Gasteiger partial charge in [-0.15, -0.1) is 0 Å². The second kappa shape index (κ2) is 4.70. The molecule has 3 atom stereocenters. The van der Waals surface area contributed by atoms with Crippen molar-refractivity contribution in [2.75, 3.05) is 0 Å². The van der Waals surface area contributed by atoms with Gasteiger partial charge in [0, 0.05) is 12.8 Å². The topological polar surface area (TPSA) is 29.6 Å². The molecule has 0 aromatic rings. The van der Waals surface area contributed by atoms with E-state index in [2.05, 4.69) is 19.9 Å². The molecule has 2 rings (SSSR count). The number of allylic oxidation sites excluding steroid dienone is 2. The number of epoxide rings is 1. The molecule has 1 fully saturated rings. The third-order valence-electron chi connectivity index (χ3n) is 3.85. The Kier molecular flexibility index (Phi) is 3.48. The molecule has 1 saturated heterocycles. The molecule has 1 heterocycles. The summed E-state index contributed by atoms with van der Waals surface area (Å²) in [7, 11) is 0. The standard InChI is InChI=1S/C14H22O2/c1-11-7-8-13-14(2,16-13)9-5-3-4-6-12(15)10-11/h3-4,11,13H,5-10H2,1-2H3/b4-3-/t11-,13+,14+/m0/s1. The van der Waals surface area contributed by atoms with Crippen LogP contribution in [0.1, 0.15) is 52.4 Å². The van der Waals surface area contributed by atoms with Crippen molar-refractivity contribution in [1.82, 2.24) is 0 Å². The number of carbonyl (C=O) groups is 1. The number of Topliss-reactive ketones (excluding diaryl/α,β-unsaturated/α-hetero) is 1. The summed E-state index contributed by atoms with van der Waals surface area (Å²) in [5.41, 5.74) is 0.132. The van der Waals surface area contributed by atoms with E-state index in [0.717, 1.165) is 32.1 Å². The molecule has 0 N–H and O–H groups in total. The lowest BCUT2D eigenvalue weighted by Crippen LogP contribution is -2.12. The van der Waals surface area contributed by atoms with E-state index in [4.69, 9.17) is 4.74 Å². The zero-order chi connectivity index (χ0) is 11.6. The predicted octanol–water partition coefficient (Wildman–Crippen LogP) is 3.26. The minimum atomic E-state index is 0.132. The molecule has 0 radical (unpaired) electrons. The number of rotatable bonds is 0. The van der Waals surface area contributed by atoms with Gasteiger partial charge >= 0.3 is 0 Å². The van der Waals surface area contributed by atoms with E-state index in [0.29, 0.717) is 24.2 Å². The highest BCUT2D eigenvalue weighted by molar-refractivity contribution is 5.80. The van der Waals surface area contributed by atoms with Gasteiger partial charge in [-0.25, -0.2) is 0 Å². The Balaban J connectivity index is 1.93. The van der Waals surface area contributed by atoms with E-state index in [1.807, 2.05) is 6.08 Å². The predicted molar refractivity (Wildman–Crippen MR) is 64.3 cm³/mol. The highest BCUT2D eigenvalue weighted by atomic mass is 16.6. The van der Waals surface area contributed by atoms with Crippen molar-refractivity contribution in [3.8, 4) is 0 Å². The van der Waals surface area contributed by atoms with E-state index in [1.54, 1.807) is 0 Å². The first-order chi connectivity index (χ1) is 7.60. The number of carbonyl (C=O) groups excluding carboxylic acids is 1. The highest BCUT2D eigenvalue weighted by Crippen LogP contribution is 2.43. The molecule has 2 aliphatic rings. The Labute approximate surface area is 98.1 Å². The van der Waals surface area contributed by atoms with Gasteiger partial charge in [-0.2, -0.15) is 0 Å². The largest absolute Gasteiger partial charge is 0.366 e. The maximum Gasteiger partial charge on any atom is 0.136 e. The fourth-order valence-electron chi connectivity index (χ4n) is 2.59. The molecule has 90 valence electrons. The van der Waals surface area contributed by atoms with Gasteiger partial charge in [0.25, 0.3) is 0 Å². The normalized spacial score (nSPS) is 42.8. The quantitative estimate of drug-likeness (QED) is 0.465. The summed E-state index contributed by atoms with van der Waals surface area (Å²) in [6.07, 6.45) is 10.3. The SMILES string of the molecule is C[C@H]1CC[C@H]2O[C@]2(C)CC/C=C\CC(=O)C1. The van der Waals surface area contributed by atoms with Gasteiger partial charge in [-0.1, -0.05) is 19.1 Å². The van der Waals surface area contributed by atoms with Gasteiger partial charge in [0.1, 0.15) is 5.78 Å². The lowest BCUT2D eigenvalue weighted by Gasteiger charge is -2.10. The van der Waals surface area contributed by atoms with Crippen LogP contribution in [-0.4, -0.2) is 17.5 Å². The van der Waals surface area contributed by atoms with Crippen LogP contribution in [0.5, 0.6) is 0 Å². The summed E-state index contributed by atoms with van der Waals surface area (Å²) >= 11 is 0. The Hall–Kier alpha value is -0.630. The van der Waals surface area contributed by atoms with Gasteiger partial charge in [-0.05, 0) is 38.5 Å². The van der Waals surface area contributed by atoms with E-state index in [1.165, 1.54) is 0 Å². The van der Waals surface area contributed by atoms with Crippen LogP contribution in [-0.2, 0) is 9.53 Å². The van der Waals surface area contributed by atoms with Crippen molar-refractivity contribution < 1.29 is 9.53 Å². The lowest BCUT2D eigenvalue weighted by molar-refractivity contribution is -0.119. The van der Waals surface area contributed by atoms with Crippen LogP contribution >= 0.6 is 0 Å². The highest BCUT2D eigenvalue weighted by Gasteiger charge is 2.50. The number of ether oxygens (including phenoxy) is 1. The minimum Gasteiger partial charge on any atom is -0.366 e. The Morgan fingerprint density at radius 2 is 2.19 bits per heavy atom. The van der Waals surface area contributed by atoms with Crippen molar-refractivity contribution in [3.63, 3.8) is 0 Å². The first kappa shape index (κ1) is 11.8. The third-order valence-corrected chi connectivity index (χ3v) is 3.85. The van der Waals surface area contributed by atoms with Crippen LogP contribution in [0.15, 0.2) is 12.2 Å². The Morgan fingerprint density at radius 3 is 3.00 bits per heavy atom. The van der Waals surface area contributed by atoms with Crippen LogP contribution in [0.3, 0.4) is 0 Å². The van der Waals surface area contributed by atoms with Crippen LogP contribution in [0.2, 0.25) is 0 Å². The van der Waals surface area contributed by atoms with E-state index in [-0.39, 0.29) is 5.60 Å². The zero-order valence-electron chi connectivity index (χ0n) is 10.4. The van der Waals surface area contributed by atoms with Crippen LogP contribution in [0.25, 0.3) is 0 Å². The summed E-state index contributed by atoms with van der Waals surface area (Å²) in [4.78, 5) is 11.6. The molecular formula is C14H22O2. The fraction of sp³-hybridized carbons (Fsp3) is 0.786. The summed E-state index contributed by atoms with van der Waals surface area (Å²) < 4.78 is 5.77. The van der Waals surface area contributed by atoms with Gasteiger partial charge in [-0.3, -0.25) is 4.79 Å². The van der Waals surface area contributed by atoms with Gasteiger partial charge < -0.3 is 4.74 Å². The van der Waals surface area contributed by atoms with Crippen molar-refractivity contribution in [1.29, 1.82) is 0 Å². The molecule has 0 aromatic heterocycles. The maximum absolute atomic E-state index is 11.6. The van der Waals surface area contributed by atoms with Crippen LogP contribution in [0.4, 0.5) is 0 Å². The van der Waals surface area contributed by atoms with E-state index in [9.17, 15) is 4.79 Å². The summed E-state index contributed by atoms with van der Waals surface area (Å²) in [6, 6.07) is 0. The molecule has 0 unspecified atom stereocenters. The lowest BCUT2D eigenvalue weighted by atomic mass is 9.92. The number of fused-ring (bicyclic) bond motifs is 1. The Bertz CT molecular complexity index is 295. The zero-order valence-corrected chi connectivity index (χ0v) is 10.4. The summed E-state index contributed by atoms with van der Waals surface area (Å²) in [6.45, 7) is 4.39. The molecule has 2 nitrogen and oxygen atoms in total. The van der Waals surface area contributed by atoms with E-state index < -0.39 is 0 Å². The monoisotopic (exact) mass is 222 g/mol. The van der Waals surface area contributed by atoms with Gasteiger partial charge in [0.15, 0.2) is 0 Å².